The van der Waals surface area contributed by atoms with E-state index in [0.717, 1.165) is 0 Å². The van der Waals surface area contributed by atoms with Gasteiger partial charge in [0.05, 0.1) is 12.6 Å². The SMILES string of the molecule is CCCC(N)C(=O)NCC(O)C(F)(F)F. The predicted molar refractivity (Wildman–Crippen MR) is 48.0 cm³/mol. The Bertz CT molecular complexity index is 209. The largest absolute Gasteiger partial charge is 0.416 e. The van der Waals surface area contributed by atoms with Gasteiger partial charge in [0.1, 0.15) is 0 Å². The Labute approximate surface area is 85.6 Å². The Balaban J connectivity index is 3.90. The Morgan fingerprint density at radius 3 is 2.47 bits per heavy atom. The minimum absolute atomic E-state index is 0.397. The summed E-state index contributed by atoms with van der Waals surface area (Å²) in [5.74, 6) is -0.680. The van der Waals surface area contributed by atoms with Crippen LogP contribution in [0.4, 0.5) is 13.2 Å². The van der Waals surface area contributed by atoms with Crippen LogP contribution in [0.25, 0.3) is 0 Å². The number of nitrogens with two attached hydrogens (primary N) is 1. The highest BCUT2D eigenvalue weighted by molar-refractivity contribution is 5.81. The molecule has 0 aromatic heterocycles. The molecule has 15 heavy (non-hydrogen) atoms. The van der Waals surface area contributed by atoms with E-state index in [1.807, 2.05) is 5.32 Å². The van der Waals surface area contributed by atoms with Crippen molar-refractivity contribution < 1.29 is 23.1 Å². The number of hydrogen-bond donors (Lipinski definition) is 3. The second kappa shape index (κ2) is 5.92. The van der Waals surface area contributed by atoms with Crippen LogP contribution in [0.3, 0.4) is 0 Å². The van der Waals surface area contributed by atoms with E-state index in [0.29, 0.717) is 12.8 Å². The molecular formula is C8H15F3N2O2. The van der Waals surface area contributed by atoms with Crippen LogP contribution in [0, 0.1) is 0 Å². The molecule has 90 valence electrons. The third-order valence-corrected chi connectivity index (χ3v) is 1.78. The second-order valence-electron chi connectivity index (χ2n) is 3.20. The topological polar surface area (TPSA) is 75.4 Å². The molecule has 2 unspecified atom stereocenters. The van der Waals surface area contributed by atoms with Crippen LogP contribution in [0.2, 0.25) is 0 Å². The van der Waals surface area contributed by atoms with E-state index in [1.165, 1.54) is 0 Å². The van der Waals surface area contributed by atoms with Crippen molar-refractivity contribution >= 4 is 5.91 Å². The molecule has 0 saturated heterocycles. The van der Waals surface area contributed by atoms with Crippen LogP contribution in [-0.2, 0) is 4.79 Å². The summed E-state index contributed by atoms with van der Waals surface area (Å²) in [5, 5.41) is 10.5. The van der Waals surface area contributed by atoms with Crippen LogP contribution >= 0.6 is 0 Å². The van der Waals surface area contributed by atoms with Gasteiger partial charge in [-0.25, -0.2) is 0 Å². The van der Waals surface area contributed by atoms with Gasteiger partial charge in [-0.15, -0.1) is 0 Å². The highest BCUT2D eigenvalue weighted by Gasteiger charge is 2.38. The van der Waals surface area contributed by atoms with E-state index in [-0.39, 0.29) is 0 Å². The number of carbonyl (C=O) groups is 1. The van der Waals surface area contributed by atoms with Gasteiger partial charge >= 0.3 is 6.18 Å². The minimum Gasteiger partial charge on any atom is -0.382 e. The maximum Gasteiger partial charge on any atom is 0.416 e. The van der Waals surface area contributed by atoms with Crippen LogP contribution in [0.5, 0.6) is 0 Å². The van der Waals surface area contributed by atoms with Gasteiger partial charge in [0.15, 0.2) is 6.10 Å². The quantitative estimate of drug-likeness (QED) is 0.627. The molecule has 7 heteroatoms. The van der Waals surface area contributed by atoms with E-state index in [4.69, 9.17) is 10.8 Å². The first-order valence-electron chi connectivity index (χ1n) is 4.57. The molecule has 2 atom stereocenters. The van der Waals surface area contributed by atoms with Gasteiger partial charge in [0.25, 0.3) is 0 Å². The zero-order chi connectivity index (χ0) is 12.1. The normalized spacial score (nSPS) is 15.9. The average Bonchev–Trinajstić information content (AvgIpc) is 2.12. The van der Waals surface area contributed by atoms with Gasteiger partial charge in [-0.2, -0.15) is 13.2 Å². The highest BCUT2D eigenvalue weighted by Crippen LogP contribution is 2.19. The molecule has 4 N–H and O–H groups in total. The summed E-state index contributed by atoms with van der Waals surface area (Å²) < 4.78 is 35.4. The lowest BCUT2D eigenvalue weighted by Gasteiger charge is -2.16. The summed E-state index contributed by atoms with van der Waals surface area (Å²) in [6, 6.07) is -0.824. The van der Waals surface area contributed by atoms with E-state index in [9.17, 15) is 18.0 Å². The zero-order valence-corrected chi connectivity index (χ0v) is 8.34. The van der Waals surface area contributed by atoms with Crippen molar-refractivity contribution in [3.05, 3.63) is 0 Å². The molecule has 4 nitrogen and oxygen atoms in total. The number of amides is 1. The van der Waals surface area contributed by atoms with Crippen molar-refractivity contribution in [3.8, 4) is 0 Å². The van der Waals surface area contributed by atoms with E-state index >= 15 is 0 Å². The van der Waals surface area contributed by atoms with Crippen molar-refractivity contribution in [3.63, 3.8) is 0 Å². The molecule has 0 aromatic rings. The summed E-state index contributed by atoms with van der Waals surface area (Å²) in [6.45, 7) is 0.942. The van der Waals surface area contributed by atoms with Crippen molar-refractivity contribution in [1.29, 1.82) is 0 Å². The van der Waals surface area contributed by atoms with Crippen molar-refractivity contribution in [2.75, 3.05) is 6.54 Å². The number of alkyl halides is 3. The van der Waals surface area contributed by atoms with Crippen LogP contribution in [-0.4, -0.2) is 35.9 Å². The first-order valence-corrected chi connectivity index (χ1v) is 4.57. The van der Waals surface area contributed by atoms with Crippen molar-refractivity contribution in [2.45, 2.75) is 38.1 Å². The monoisotopic (exact) mass is 228 g/mol. The van der Waals surface area contributed by atoms with Crippen LogP contribution < -0.4 is 11.1 Å². The third kappa shape index (κ3) is 5.58. The van der Waals surface area contributed by atoms with Crippen molar-refractivity contribution in [2.24, 2.45) is 5.73 Å². The van der Waals surface area contributed by atoms with Gasteiger partial charge < -0.3 is 16.2 Å². The number of nitrogens with one attached hydrogen (secondary N) is 1. The lowest BCUT2D eigenvalue weighted by Crippen LogP contribution is -2.46. The number of carbonyl (C=O) groups excluding carboxylic acids is 1. The summed E-state index contributed by atoms with van der Waals surface area (Å²) in [4.78, 5) is 11.0. The maximum atomic E-state index is 11.8. The molecule has 0 heterocycles. The Hall–Kier alpha value is -0.820. The molecule has 0 rings (SSSR count). The van der Waals surface area contributed by atoms with E-state index in [1.54, 1.807) is 6.92 Å². The maximum absolute atomic E-state index is 11.8. The smallest absolute Gasteiger partial charge is 0.382 e. The predicted octanol–water partition coefficient (Wildman–Crippen LogP) is 0.153. The standard InChI is InChI=1S/C8H15F3N2O2/c1-2-3-5(12)7(15)13-4-6(14)8(9,10)11/h5-6,14H,2-4,12H2,1H3,(H,13,15). The molecule has 0 aliphatic heterocycles. The number of hydrogen-bond acceptors (Lipinski definition) is 3. The Morgan fingerprint density at radius 1 is 1.53 bits per heavy atom. The Kier molecular flexibility index (Phi) is 5.59. The number of rotatable bonds is 5. The Morgan fingerprint density at radius 2 is 2.07 bits per heavy atom. The first kappa shape index (κ1) is 14.2. The second-order valence-corrected chi connectivity index (χ2v) is 3.20. The summed E-state index contributed by atoms with van der Waals surface area (Å²) in [5.41, 5.74) is 5.35. The molecule has 0 aliphatic rings. The fraction of sp³-hybridized carbons (Fsp3) is 0.875. The molecule has 0 radical (unpaired) electrons. The highest BCUT2D eigenvalue weighted by atomic mass is 19.4. The summed E-state index contributed by atoms with van der Waals surface area (Å²) in [6.07, 6.45) is -6.21. The fourth-order valence-corrected chi connectivity index (χ4v) is 0.886. The zero-order valence-electron chi connectivity index (χ0n) is 8.34. The lowest BCUT2D eigenvalue weighted by molar-refractivity contribution is -0.201. The number of aliphatic hydroxyl groups is 1. The average molecular weight is 228 g/mol. The summed E-state index contributed by atoms with van der Waals surface area (Å²) in [7, 11) is 0. The summed E-state index contributed by atoms with van der Waals surface area (Å²) >= 11 is 0. The molecule has 0 aliphatic carbocycles. The number of halogens is 3. The van der Waals surface area contributed by atoms with Gasteiger partial charge in [-0.1, -0.05) is 13.3 Å². The molecule has 1 amide bonds. The molecule has 0 bridgehead atoms. The number of aliphatic hydroxyl groups excluding tert-OH is 1. The van der Waals surface area contributed by atoms with Crippen LogP contribution in [0.15, 0.2) is 0 Å². The van der Waals surface area contributed by atoms with Crippen molar-refractivity contribution in [1.82, 2.24) is 5.32 Å². The van der Waals surface area contributed by atoms with Gasteiger partial charge in [-0.05, 0) is 6.42 Å². The first-order chi connectivity index (χ1) is 6.79. The molecule has 0 fully saturated rings. The van der Waals surface area contributed by atoms with Gasteiger partial charge in [-0.3, -0.25) is 4.79 Å². The molecule has 0 aromatic carbocycles. The molecule has 0 spiro atoms. The molecular weight excluding hydrogens is 213 g/mol. The van der Waals surface area contributed by atoms with Crippen LogP contribution in [0.1, 0.15) is 19.8 Å². The van der Waals surface area contributed by atoms with E-state index < -0.39 is 30.8 Å². The molecule has 0 saturated carbocycles. The minimum atomic E-state index is -4.72. The van der Waals surface area contributed by atoms with Gasteiger partial charge in [0, 0.05) is 0 Å². The fourth-order valence-electron chi connectivity index (χ4n) is 0.886. The van der Waals surface area contributed by atoms with Gasteiger partial charge in [0.2, 0.25) is 5.91 Å². The third-order valence-electron chi connectivity index (χ3n) is 1.78. The van der Waals surface area contributed by atoms with E-state index in [2.05, 4.69) is 0 Å². The lowest BCUT2D eigenvalue weighted by atomic mass is 10.1.